The van der Waals surface area contributed by atoms with E-state index in [2.05, 4.69) is 23.9 Å². The molecule has 5 heteroatoms. The van der Waals surface area contributed by atoms with Crippen LogP contribution in [0, 0.1) is 47.3 Å². The highest BCUT2D eigenvalue weighted by Crippen LogP contribution is 2.74. The molecule has 0 aromatic carbocycles. The van der Waals surface area contributed by atoms with Gasteiger partial charge in [-0.3, -0.25) is 9.59 Å². The lowest BCUT2D eigenvalue weighted by Gasteiger charge is -2.42. The average molecular weight is 316 g/mol. The van der Waals surface area contributed by atoms with Crippen LogP contribution < -0.4 is 0 Å². The van der Waals surface area contributed by atoms with E-state index in [0.717, 1.165) is 23.7 Å². The zero-order valence-electron chi connectivity index (χ0n) is 11.8. The van der Waals surface area contributed by atoms with Crippen molar-refractivity contribution in [3.63, 3.8) is 0 Å². The van der Waals surface area contributed by atoms with Gasteiger partial charge in [0.15, 0.2) is 0 Å². The van der Waals surface area contributed by atoms with E-state index in [0.29, 0.717) is 22.3 Å². The lowest BCUT2D eigenvalue weighted by molar-refractivity contribution is -0.157. The number of carbonyl (C=O) groups excluding carboxylic acids is 2. The summed E-state index contributed by atoms with van der Waals surface area (Å²) in [6.45, 7) is 0. The maximum atomic E-state index is 12.1. The predicted molar refractivity (Wildman–Crippen MR) is 76.6 cm³/mol. The molecule has 0 aromatic rings. The Morgan fingerprint density at radius 2 is 1.41 bits per heavy atom. The van der Waals surface area contributed by atoms with Gasteiger partial charge in [-0.15, -0.1) is 0 Å². The highest BCUT2D eigenvalue weighted by atomic mass is 32.2. The van der Waals surface area contributed by atoms with Crippen LogP contribution in [0.15, 0.2) is 12.2 Å². The number of allylic oxidation sites excluding steroid dienone is 2. The number of thioether (sulfide) groups is 1. The molecule has 0 radical (unpaired) electrons. The summed E-state index contributed by atoms with van der Waals surface area (Å²) in [5.41, 5.74) is 0. The number of esters is 2. The van der Waals surface area contributed by atoms with Crippen LogP contribution in [-0.2, 0) is 19.1 Å². The molecule has 1 saturated carbocycles. The van der Waals surface area contributed by atoms with Gasteiger partial charge in [-0.1, -0.05) is 12.2 Å². The van der Waals surface area contributed by atoms with E-state index in [9.17, 15) is 9.59 Å². The molecule has 0 N–H and O–H groups in total. The molecule has 22 heavy (non-hydrogen) atoms. The van der Waals surface area contributed by atoms with Crippen molar-refractivity contribution in [2.75, 3.05) is 0 Å². The summed E-state index contributed by atoms with van der Waals surface area (Å²) >= 11 is 2.17. The maximum absolute atomic E-state index is 12.1. The number of hydrogen-bond donors (Lipinski definition) is 0. The summed E-state index contributed by atoms with van der Waals surface area (Å²) in [4.78, 5) is 24.1. The van der Waals surface area contributed by atoms with Gasteiger partial charge in [0.1, 0.15) is 0 Å². The van der Waals surface area contributed by atoms with Gasteiger partial charge in [0, 0.05) is 22.3 Å². The molecule has 5 saturated heterocycles. The van der Waals surface area contributed by atoms with Crippen LogP contribution in [0.1, 0.15) is 6.42 Å². The van der Waals surface area contributed by atoms with Gasteiger partial charge in [-0.05, 0) is 30.1 Å². The van der Waals surface area contributed by atoms with E-state index in [4.69, 9.17) is 9.47 Å². The monoisotopic (exact) mass is 316 g/mol. The first kappa shape index (κ1) is 11.7. The molecular weight excluding hydrogens is 300 g/mol. The second-order valence-corrected chi connectivity index (χ2v) is 9.54. The molecule has 0 aromatic heterocycles. The van der Waals surface area contributed by atoms with Crippen molar-refractivity contribution in [2.24, 2.45) is 47.3 Å². The number of cyclic esters (lactones) is 2. The first-order valence-corrected chi connectivity index (χ1v) is 9.43. The van der Waals surface area contributed by atoms with Crippen molar-refractivity contribution in [3.8, 4) is 0 Å². The Hall–Kier alpha value is -0.810. The van der Waals surface area contributed by atoms with Crippen LogP contribution in [0.2, 0.25) is 0 Å². The first-order chi connectivity index (χ1) is 10.7. The number of carbonyl (C=O) groups is 2. The Morgan fingerprint density at radius 3 is 1.95 bits per heavy atom. The normalized spacial score (nSPS) is 67.8. The molecule has 7 aliphatic rings. The minimum atomic E-state index is -0.321. The van der Waals surface area contributed by atoms with Crippen LogP contribution in [-0.4, -0.2) is 34.6 Å². The van der Waals surface area contributed by atoms with Gasteiger partial charge < -0.3 is 9.47 Å². The number of fused-ring (bicyclic) bond motifs is 19. The second kappa shape index (κ2) is 3.34. The topological polar surface area (TPSA) is 52.6 Å². The van der Waals surface area contributed by atoms with Crippen molar-refractivity contribution in [3.05, 3.63) is 12.2 Å². The zero-order valence-corrected chi connectivity index (χ0v) is 12.6. The maximum Gasteiger partial charge on any atom is 0.320 e. The molecule has 0 amide bonds. The fraction of sp³-hybridized carbons (Fsp3) is 0.765. The summed E-state index contributed by atoms with van der Waals surface area (Å²) in [5.74, 6) is 2.81. The second-order valence-electron chi connectivity index (χ2n) is 8.18. The summed E-state index contributed by atoms with van der Waals surface area (Å²) in [5, 5.41) is 1.28. The summed E-state index contributed by atoms with van der Waals surface area (Å²) in [6.07, 6.45) is 6.11. The standard InChI is InChI=1S/C17H16O4S/c18-16-10-11(17(19)21-16)13-9-8(12(10)20-13)14-6-4-1-2-5(3-4)7(6)15(9)22-14/h1-2,4-15H,3H2. The molecule has 0 spiro atoms. The van der Waals surface area contributed by atoms with E-state index in [1.165, 1.54) is 6.42 Å². The Morgan fingerprint density at radius 1 is 0.864 bits per heavy atom. The molecule has 12 unspecified atom stereocenters. The third kappa shape index (κ3) is 0.987. The molecule has 2 aliphatic carbocycles. The van der Waals surface area contributed by atoms with Crippen LogP contribution >= 0.6 is 11.8 Å². The average Bonchev–Trinajstić information content (AvgIpc) is 3.31. The summed E-state index contributed by atoms with van der Waals surface area (Å²) in [6, 6.07) is 0. The van der Waals surface area contributed by atoms with Crippen LogP contribution in [0.25, 0.3) is 0 Å². The molecule has 12 atom stereocenters. The highest BCUT2D eigenvalue weighted by molar-refractivity contribution is 8.01. The van der Waals surface area contributed by atoms with E-state index in [1.807, 2.05) is 0 Å². The molecule has 7 rings (SSSR count). The van der Waals surface area contributed by atoms with Crippen molar-refractivity contribution >= 4 is 23.7 Å². The Balaban J connectivity index is 1.35. The van der Waals surface area contributed by atoms with Crippen LogP contribution in [0.3, 0.4) is 0 Å². The largest absolute Gasteiger partial charge is 0.393 e. The van der Waals surface area contributed by atoms with E-state index < -0.39 is 0 Å². The molecule has 6 fully saturated rings. The lowest BCUT2D eigenvalue weighted by atomic mass is 9.57. The molecule has 6 bridgehead atoms. The number of hydrogen-bond acceptors (Lipinski definition) is 5. The van der Waals surface area contributed by atoms with Crippen LogP contribution in [0.5, 0.6) is 0 Å². The van der Waals surface area contributed by atoms with E-state index in [1.54, 1.807) is 0 Å². The van der Waals surface area contributed by atoms with E-state index >= 15 is 0 Å². The van der Waals surface area contributed by atoms with Crippen LogP contribution in [0.4, 0.5) is 0 Å². The SMILES string of the molecule is O=C1OC(=O)C2C3OC(C12)C1C2SC(C4C5C=CC(C5)C24)C31. The van der Waals surface area contributed by atoms with Crippen molar-refractivity contribution in [1.29, 1.82) is 0 Å². The van der Waals surface area contributed by atoms with Crippen molar-refractivity contribution in [2.45, 2.75) is 29.1 Å². The van der Waals surface area contributed by atoms with Gasteiger partial charge in [0.25, 0.3) is 0 Å². The number of rotatable bonds is 0. The molecule has 114 valence electrons. The van der Waals surface area contributed by atoms with Crippen molar-refractivity contribution < 1.29 is 19.1 Å². The van der Waals surface area contributed by atoms with Gasteiger partial charge in [-0.2, -0.15) is 11.8 Å². The predicted octanol–water partition coefficient (Wildman–Crippen LogP) is 1.25. The fourth-order valence-corrected chi connectivity index (χ4v) is 9.88. The minimum Gasteiger partial charge on any atom is -0.393 e. The third-order valence-electron chi connectivity index (χ3n) is 7.77. The van der Waals surface area contributed by atoms with Gasteiger partial charge in [0.05, 0.1) is 24.0 Å². The molecular formula is C17H16O4S. The van der Waals surface area contributed by atoms with Gasteiger partial charge in [0.2, 0.25) is 0 Å². The Kier molecular flexibility index (Phi) is 1.77. The quantitative estimate of drug-likeness (QED) is 0.382. The zero-order chi connectivity index (χ0) is 14.3. The minimum absolute atomic E-state index is 0.0505. The highest BCUT2D eigenvalue weighted by Gasteiger charge is 2.77. The molecule has 4 nitrogen and oxygen atoms in total. The van der Waals surface area contributed by atoms with Gasteiger partial charge in [-0.25, -0.2) is 0 Å². The van der Waals surface area contributed by atoms with Crippen molar-refractivity contribution in [1.82, 2.24) is 0 Å². The van der Waals surface area contributed by atoms with E-state index in [-0.39, 0.29) is 36.0 Å². The lowest BCUT2D eigenvalue weighted by Crippen LogP contribution is -2.51. The Labute approximate surface area is 132 Å². The fourth-order valence-electron chi connectivity index (χ4n) is 7.35. The van der Waals surface area contributed by atoms with Gasteiger partial charge >= 0.3 is 11.9 Å². The Bertz CT molecular complexity index is 622. The summed E-state index contributed by atoms with van der Waals surface area (Å²) < 4.78 is 11.2. The smallest absolute Gasteiger partial charge is 0.320 e. The number of ether oxygens (including phenoxy) is 2. The first-order valence-electron chi connectivity index (χ1n) is 8.49. The summed E-state index contributed by atoms with van der Waals surface area (Å²) in [7, 11) is 0. The molecule has 5 aliphatic heterocycles. The third-order valence-corrected chi connectivity index (χ3v) is 9.66. The molecule has 5 heterocycles.